The zero-order valence-corrected chi connectivity index (χ0v) is 12.4. The van der Waals surface area contributed by atoms with Crippen LogP contribution in [0.25, 0.3) is 0 Å². The zero-order chi connectivity index (χ0) is 12.7. The summed E-state index contributed by atoms with van der Waals surface area (Å²) in [7, 11) is 0. The number of alkyl halides is 1. The second-order valence-corrected chi connectivity index (χ2v) is 5.24. The van der Waals surface area contributed by atoms with Crippen LogP contribution in [0.2, 0.25) is 0 Å². The molecule has 0 aromatic heterocycles. The van der Waals surface area contributed by atoms with Crippen molar-refractivity contribution in [3.63, 3.8) is 0 Å². The van der Waals surface area contributed by atoms with Crippen LogP contribution in [0.15, 0.2) is 34.8 Å². The van der Waals surface area contributed by atoms with Gasteiger partial charge in [-0.2, -0.15) is 0 Å². The Morgan fingerprint density at radius 1 is 1.41 bits per heavy atom. The lowest BCUT2D eigenvalue weighted by Crippen LogP contribution is -2.05. The lowest BCUT2D eigenvalue weighted by atomic mass is 10.3. The molecule has 1 aromatic rings. The van der Waals surface area contributed by atoms with E-state index in [1.54, 1.807) is 6.08 Å². The van der Waals surface area contributed by atoms with Gasteiger partial charge >= 0.3 is 0 Å². The summed E-state index contributed by atoms with van der Waals surface area (Å²) in [5, 5.41) is 0.00920. The molecule has 1 rings (SSSR count). The van der Waals surface area contributed by atoms with Crippen LogP contribution < -0.4 is 9.47 Å². The van der Waals surface area contributed by atoms with Gasteiger partial charge in [0.2, 0.25) is 0 Å². The molecule has 1 aromatic carbocycles. The molecular weight excluding hydrogens is 327 g/mol. The smallest absolute Gasteiger partial charge is 0.153 e. The van der Waals surface area contributed by atoms with E-state index in [9.17, 15) is 0 Å². The first-order valence-corrected chi connectivity index (χ1v) is 6.83. The number of halogens is 3. The monoisotopic (exact) mass is 338 g/mol. The quantitative estimate of drug-likeness (QED) is 0.686. The predicted molar refractivity (Wildman–Crippen MR) is 75.4 cm³/mol. The topological polar surface area (TPSA) is 18.5 Å². The van der Waals surface area contributed by atoms with Gasteiger partial charge in [0.25, 0.3) is 0 Å². The van der Waals surface area contributed by atoms with Crippen molar-refractivity contribution in [3.8, 4) is 11.5 Å². The molecule has 0 heterocycles. The second kappa shape index (κ2) is 7.85. The summed E-state index contributed by atoms with van der Waals surface area (Å²) in [6.45, 7) is 2.37. The minimum Gasteiger partial charge on any atom is -0.489 e. The van der Waals surface area contributed by atoms with Gasteiger partial charge in [-0.15, -0.1) is 0 Å². The van der Waals surface area contributed by atoms with Gasteiger partial charge in [-0.3, -0.25) is 0 Å². The molecule has 0 amide bonds. The van der Waals surface area contributed by atoms with E-state index in [4.69, 9.17) is 32.7 Å². The van der Waals surface area contributed by atoms with Crippen molar-refractivity contribution in [2.45, 2.75) is 18.4 Å². The molecule has 5 heteroatoms. The molecule has 0 fully saturated rings. The Bertz CT molecular complexity index is 379. The highest BCUT2D eigenvalue weighted by atomic mass is 79.9. The number of hydrogen-bond acceptors (Lipinski definition) is 2. The first kappa shape index (κ1) is 14.7. The van der Waals surface area contributed by atoms with Crippen LogP contribution in [0.4, 0.5) is 0 Å². The summed E-state index contributed by atoms with van der Waals surface area (Å²) in [5.74, 6) is 1.47. The van der Waals surface area contributed by atoms with Gasteiger partial charge in [0.05, 0.1) is 0 Å². The summed E-state index contributed by atoms with van der Waals surface area (Å²) in [5.41, 5.74) is 0. The van der Waals surface area contributed by atoms with E-state index in [1.165, 1.54) is 0 Å². The molecule has 0 aliphatic carbocycles. The zero-order valence-electron chi connectivity index (χ0n) is 9.33. The highest BCUT2D eigenvalue weighted by Crippen LogP contribution is 2.22. The highest BCUT2D eigenvalue weighted by Gasteiger charge is 2.03. The normalized spacial score (nSPS) is 11.8. The minimum atomic E-state index is 0.00920. The molecule has 17 heavy (non-hydrogen) atoms. The first-order chi connectivity index (χ1) is 8.11. The fraction of sp³-hybridized carbons (Fsp3) is 0.333. The Kier molecular flexibility index (Phi) is 6.78. The van der Waals surface area contributed by atoms with E-state index in [-0.39, 0.29) is 9.50 Å². The van der Waals surface area contributed by atoms with E-state index >= 15 is 0 Å². The van der Waals surface area contributed by atoms with Gasteiger partial charge in [-0.25, -0.2) is 0 Å². The maximum absolute atomic E-state index is 5.60. The van der Waals surface area contributed by atoms with E-state index in [0.717, 1.165) is 12.2 Å². The van der Waals surface area contributed by atoms with Crippen molar-refractivity contribution in [1.29, 1.82) is 0 Å². The number of hydrogen-bond donors (Lipinski definition) is 0. The van der Waals surface area contributed by atoms with Crippen molar-refractivity contribution in [3.05, 3.63) is 34.8 Å². The van der Waals surface area contributed by atoms with Crippen LogP contribution in [0.3, 0.4) is 0 Å². The van der Waals surface area contributed by atoms with Gasteiger partial charge in [0.15, 0.2) is 5.01 Å². The van der Waals surface area contributed by atoms with Crippen molar-refractivity contribution in [2.24, 2.45) is 0 Å². The Balaban J connectivity index is 2.56. The van der Waals surface area contributed by atoms with Gasteiger partial charge in [0, 0.05) is 6.07 Å². The summed E-state index contributed by atoms with van der Waals surface area (Å²) in [6, 6.07) is 7.41. The van der Waals surface area contributed by atoms with Crippen molar-refractivity contribution in [2.75, 3.05) is 6.61 Å². The van der Waals surface area contributed by atoms with Gasteiger partial charge in [-0.1, -0.05) is 36.2 Å². The maximum atomic E-state index is 5.60. The molecule has 0 spiro atoms. The van der Waals surface area contributed by atoms with E-state index in [0.29, 0.717) is 12.4 Å². The molecule has 0 aliphatic heterocycles. The largest absolute Gasteiger partial charge is 0.489 e. The van der Waals surface area contributed by atoms with Crippen LogP contribution in [0.1, 0.15) is 13.3 Å². The van der Waals surface area contributed by atoms with Gasteiger partial charge in [0.1, 0.15) is 22.6 Å². The van der Waals surface area contributed by atoms with Crippen LogP contribution >= 0.6 is 39.1 Å². The molecule has 0 N–H and O–H groups in total. The molecule has 1 atom stereocenters. The fourth-order valence-electron chi connectivity index (χ4n) is 1.07. The first-order valence-electron chi connectivity index (χ1n) is 5.16. The minimum absolute atomic E-state index is 0.00920. The Morgan fingerprint density at radius 3 is 2.76 bits per heavy atom. The average Bonchev–Trinajstić information content (AvgIpc) is 2.29. The molecular formula is C12H13BrCl2O2. The molecule has 1 unspecified atom stereocenters. The lowest BCUT2D eigenvalue weighted by molar-refractivity contribution is 0.287. The molecule has 0 aliphatic rings. The average molecular weight is 340 g/mol. The van der Waals surface area contributed by atoms with Crippen LogP contribution in [0, 0.1) is 0 Å². The lowest BCUT2D eigenvalue weighted by Gasteiger charge is -2.12. The van der Waals surface area contributed by atoms with E-state index < -0.39 is 0 Å². The summed E-state index contributed by atoms with van der Waals surface area (Å²) in [4.78, 5) is 0. The molecule has 0 saturated carbocycles. The fourth-order valence-corrected chi connectivity index (χ4v) is 1.41. The summed E-state index contributed by atoms with van der Waals surface area (Å²) < 4.78 is 11.2. The SMILES string of the molecule is CCC(Br)Oc1cccc(OCC=C(Cl)Cl)c1. The second-order valence-electron chi connectivity index (χ2n) is 3.22. The van der Waals surface area contributed by atoms with Crippen LogP contribution in [-0.2, 0) is 0 Å². The van der Waals surface area contributed by atoms with Crippen molar-refractivity contribution >= 4 is 39.1 Å². The summed E-state index contributed by atoms with van der Waals surface area (Å²) in [6.07, 6.45) is 2.46. The molecule has 2 nitrogen and oxygen atoms in total. The molecule has 0 saturated heterocycles. The Labute approximate surface area is 120 Å². The number of rotatable bonds is 6. The third kappa shape index (κ3) is 6.20. The van der Waals surface area contributed by atoms with E-state index in [2.05, 4.69) is 15.9 Å². The van der Waals surface area contributed by atoms with E-state index in [1.807, 2.05) is 31.2 Å². The van der Waals surface area contributed by atoms with Gasteiger partial charge in [-0.05, 0) is 40.6 Å². The Hall–Kier alpha value is -0.380. The van der Waals surface area contributed by atoms with Crippen molar-refractivity contribution in [1.82, 2.24) is 0 Å². The summed E-state index contributed by atoms with van der Waals surface area (Å²) >= 11 is 14.4. The maximum Gasteiger partial charge on any atom is 0.153 e. The molecule has 0 bridgehead atoms. The third-order valence-electron chi connectivity index (χ3n) is 1.88. The number of ether oxygens (including phenoxy) is 2. The van der Waals surface area contributed by atoms with Crippen LogP contribution in [0.5, 0.6) is 11.5 Å². The standard InChI is InChI=1S/C12H13BrCl2O2/c1-2-11(13)17-10-5-3-4-9(8-10)16-7-6-12(14)15/h3-6,8,11H,2,7H2,1H3. The van der Waals surface area contributed by atoms with Crippen molar-refractivity contribution < 1.29 is 9.47 Å². The Morgan fingerprint density at radius 2 is 2.12 bits per heavy atom. The molecule has 94 valence electrons. The highest BCUT2D eigenvalue weighted by molar-refractivity contribution is 9.09. The predicted octanol–water partition coefficient (Wildman–Crippen LogP) is 4.89. The van der Waals surface area contributed by atoms with Gasteiger partial charge < -0.3 is 9.47 Å². The van der Waals surface area contributed by atoms with Crippen LogP contribution in [-0.4, -0.2) is 11.6 Å². The number of benzene rings is 1. The molecule has 0 radical (unpaired) electrons. The third-order valence-corrected chi connectivity index (χ3v) is 3.02.